The Morgan fingerprint density at radius 2 is 2.12 bits per heavy atom. The third-order valence-electron chi connectivity index (χ3n) is 4.52. The van der Waals surface area contributed by atoms with E-state index in [-0.39, 0.29) is 12.1 Å². The van der Waals surface area contributed by atoms with Crippen LogP contribution in [0.5, 0.6) is 11.5 Å². The van der Waals surface area contributed by atoms with Crippen molar-refractivity contribution in [3.8, 4) is 11.5 Å². The van der Waals surface area contributed by atoms with Crippen molar-refractivity contribution in [1.29, 1.82) is 0 Å². The fraction of sp³-hybridized carbons (Fsp3) is 0.421. The van der Waals surface area contributed by atoms with Crippen molar-refractivity contribution in [2.75, 3.05) is 27.3 Å². The number of hydrogen-bond acceptors (Lipinski definition) is 4. The first-order chi connectivity index (χ1) is 12.2. The topological polar surface area (TPSA) is 50.8 Å². The Morgan fingerprint density at radius 1 is 1.28 bits per heavy atom. The van der Waals surface area contributed by atoms with Gasteiger partial charge in [0.2, 0.25) is 0 Å². The molecule has 1 aliphatic heterocycles. The molecule has 2 amide bonds. The average molecular weight is 360 g/mol. The maximum atomic E-state index is 12.5. The van der Waals surface area contributed by atoms with Crippen LogP contribution in [0.1, 0.15) is 29.3 Å². The lowest BCUT2D eigenvalue weighted by molar-refractivity contribution is 0.194. The number of hydrogen-bond donors (Lipinski definition) is 1. The molecule has 134 valence electrons. The van der Waals surface area contributed by atoms with E-state index in [4.69, 9.17) is 9.47 Å². The Morgan fingerprint density at radius 3 is 2.84 bits per heavy atom. The van der Waals surface area contributed by atoms with Crippen LogP contribution in [0.15, 0.2) is 35.7 Å². The molecule has 1 unspecified atom stereocenters. The van der Waals surface area contributed by atoms with Gasteiger partial charge in [0.25, 0.3) is 0 Å². The number of likely N-dealkylation sites (tertiary alicyclic amines) is 1. The van der Waals surface area contributed by atoms with Crippen molar-refractivity contribution in [2.24, 2.45) is 0 Å². The number of carbonyl (C=O) groups is 1. The minimum atomic E-state index is 0.0244. The number of ether oxygens (including phenoxy) is 2. The second-order valence-electron chi connectivity index (χ2n) is 6.04. The molecule has 5 nitrogen and oxygen atoms in total. The highest BCUT2D eigenvalue weighted by atomic mass is 32.1. The number of nitrogens with one attached hydrogen (secondary N) is 1. The van der Waals surface area contributed by atoms with Crippen LogP contribution in [0.3, 0.4) is 0 Å². The second-order valence-corrected chi connectivity index (χ2v) is 7.02. The Balaban J connectivity index is 1.54. The van der Waals surface area contributed by atoms with Gasteiger partial charge in [-0.25, -0.2) is 4.79 Å². The molecular formula is C19H24N2O3S. The third kappa shape index (κ3) is 4.07. The molecule has 2 heterocycles. The summed E-state index contributed by atoms with van der Waals surface area (Å²) in [5, 5.41) is 5.12. The Labute approximate surface area is 152 Å². The summed E-state index contributed by atoms with van der Waals surface area (Å²) in [6.45, 7) is 1.42. The Bertz CT molecular complexity index is 703. The van der Waals surface area contributed by atoms with Crippen molar-refractivity contribution in [2.45, 2.75) is 25.3 Å². The summed E-state index contributed by atoms with van der Waals surface area (Å²) in [4.78, 5) is 15.8. The van der Waals surface area contributed by atoms with E-state index < -0.39 is 0 Å². The van der Waals surface area contributed by atoms with Gasteiger partial charge < -0.3 is 19.7 Å². The quantitative estimate of drug-likeness (QED) is 0.851. The highest BCUT2D eigenvalue weighted by Gasteiger charge is 2.30. The van der Waals surface area contributed by atoms with Crippen molar-refractivity contribution in [3.63, 3.8) is 0 Å². The van der Waals surface area contributed by atoms with Crippen LogP contribution >= 0.6 is 11.3 Å². The maximum Gasteiger partial charge on any atom is 0.317 e. The molecule has 0 aliphatic carbocycles. The standard InChI is InChI=1S/C19H24N2O3S/c1-23-16-8-7-14(13-17(16)24-2)9-10-20-19(22)21-11-3-5-15(21)18-6-4-12-25-18/h4,6-8,12-13,15H,3,5,9-11H2,1-2H3,(H,20,22). The van der Waals surface area contributed by atoms with Crippen LogP contribution in [0.2, 0.25) is 0 Å². The number of benzene rings is 1. The van der Waals surface area contributed by atoms with Gasteiger partial charge >= 0.3 is 6.03 Å². The van der Waals surface area contributed by atoms with E-state index in [0.717, 1.165) is 31.4 Å². The Hall–Kier alpha value is -2.21. The van der Waals surface area contributed by atoms with Gasteiger partial charge in [-0.1, -0.05) is 12.1 Å². The zero-order valence-electron chi connectivity index (χ0n) is 14.7. The van der Waals surface area contributed by atoms with Gasteiger partial charge in [0.15, 0.2) is 11.5 Å². The number of amides is 2. The molecule has 1 aromatic carbocycles. The molecule has 0 bridgehead atoms. The van der Waals surface area contributed by atoms with Crippen LogP contribution in [-0.4, -0.2) is 38.2 Å². The summed E-state index contributed by atoms with van der Waals surface area (Å²) in [5.74, 6) is 1.43. The third-order valence-corrected chi connectivity index (χ3v) is 5.50. The van der Waals surface area contributed by atoms with Crippen molar-refractivity contribution in [3.05, 3.63) is 46.2 Å². The van der Waals surface area contributed by atoms with Gasteiger partial charge in [-0.15, -0.1) is 11.3 Å². The average Bonchev–Trinajstić information content (AvgIpc) is 3.32. The molecule has 0 radical (unpaired) electrons. The number of rotatable bonds is 6. The van der Waals surface area contributed by atoms with Crippen LogP contribution in [0.4, 0.5) is 4.79 Å². The van der Waals surface area contributed by atoms with Crippen molar-refractivity contribution >= 4 is 17.4 Å². The van der Waals surface area contributed by atoms with E-state index in [0.29, 0.717) is 18.0 Å². The predicted octanol–water partition coefficient (Wildman–Crippen LogP) is 3.85. The van der Waals surface area contributed by atoms with E-state index in [1.807, 2.05) is 29.2 Å². The van der Waals surface area contributed by atoms with Gasteiger partial charge in [-0.3, -0.25) is 0 Å². The zero-order chi connectivity index (χ0) is 17.6. The first kappa shape index (κ1) is 17.6. The number of thiophene rings is 1. The van der Waals surface area contributed by atoms with Crippen molar-refractivity contribution in [1.82, 2.24) is 10.2 Å². The summed E-state index contributed by atoms with van der Waals surface area (Å²) in [6, 6.07) is 10.3. The van der Waals surface area contributed by atoms with E-state index in [1.165, 1.54) is 4.88 Å². The molecule has 1 aromatic heterocycles. The molecule has 6 heteroatoms. The van der Waals surface area contributed by atoms with Crippen LogP contribution in [0.25, 0.3) is 0 Å². The van der Waals surface area contributed by atoms with E-state index in [1.54, 1.807) is 25.6 Å². The molecule has 0 spiro atoms. The van der Waals surface area contributed by atoms with Crippen molar-refractivity contribution < 1.29 is 14.3 Å². The van der Waals surface area contributed by atoms with E-state index in [2.05, 4.69) is 16.8 Å². The zero-order valence-corrected chi connectivity index (χ0v) is 15.5. The first-order valence-electron chi connectivity index (χ1n) is 8.51. The molecule has 1 N–H and O–H groups in total. The number of nitrogens with zero attached hydrogens (tertiary/aromatic N) is 1. The van der Waals surface area contributed by atoms with Crippen LogP contribution in [-0.2, 0) is 6.42 Å². The molecule has 1 saturated heterocycles. The fourth-order valence-electron chi connectivity index (χ4n) is 3.24. The second kappa shape index (κ2) is 8.25. The molecule has 2 aromatic rings. The molecule has 1 aliphatic rings. The molecule has 1 atom stereocenters. The summed E-state index contributed by atoms with van der Waals surface area (Å²) in [7, 11) is 3.25. The SMILES string of the molecule is COc1ccc(CCNC(=O)N2CCCC2c2cccs2)cc1OC. The normalized spacial score (nSPS) is 16.7. The lowest BCUT2D eigenvalue weighted by atomic mass is 10.1. The number of urea groups is 1. The fourth-order valence-corrected chi connectivity index (χ4v) is 4.11. The summed E-state index contributed by atoms with van der Waals surface area (Å²) >= 11 is 1.72. The van der Waals surface area contributed by atoms with Gasteiger partial charge in [0.1, 0.15) is 0 Å². The van der Waals surface area contributed by atoms with E-state index >= 15 is 0 Å². The predicted molar refractivity (Wildman–Crippen MR) is 99.6 cm³/mol. The molecule has 1 fully saturated rings. The van der Waals surface area contributed by atoms with Gasteiger partial charge in [-0.2, -0.15) is 0 Å². The number of carbonyl (C=O) groups excluding carboxylic acids is 1. The first-order valence-corrected chi connectivity index (χ1v) is 9.39. The molecule has 25 heavy (non-hydrogen) atoms. The number of methoxy groups -OCH3 is 2. The maximum absolute atomic E-state index is 12.5. The van der Waals surface area contributed by atoms with Gasteiger partial charge in [0, 0.05) is 18.0 Å². The minimum absolute atomic E-state index is 0.0244. The summed E-state index contributed by atoms with van der Waals surface area (Å²) < 4.78 is 10.6. The Kier molecular flexibility index (Phi) is 5.81. The molecule has 3 rings (SSSR count). The summed E-state index contributed by atoms with van der Waals surface area (Å²) in [6.07, 6.45) is 2.86. The molecule has 0 saturated carbocycles. The monoisotopic (exact) mass is 360 g/mol. The minimum Gasteiger partial charge on any atom is -0.493 e. The van der Waals surface area contributed by atoms with Crippen LogP contribution in [0, 0.1) is 0 Å². The van der Waals surface area contributed by atoms with Crippen LogP contribution < -0.4 is 14.8 Å². The lowest BCUT2D eigenvalue weighted by Gasteiger charge is -2.24. The highest BCUT2D eigenvalue weighted by Crippen LogP contribution is 2.34. The summed E-state index contributed by atoms with van der Waals surface area (Å²) in [5.41, 5.74) is 1.11. The van der Waals surface area contributed by atoms with Gasteiger partial charge in [-0.05, 0) is 48.4 Å². The highest BCUT2D eigenvalue weighted by molar-refractivity contribution is 7.10. The van der Waals surface area contributed by atoms with Gasteiger partial charge in [0.05, 0.1) is 20.3 Å². The lowest BCUT2D eigenvalue weighted by Crippen LogP contribution is -2.40. The van der Waals surface area contributed by atoms with E-state index in [9.17, 15) is 4.79 Å². The largest absolute Gasteiger partial charge is 0.493 e. The smallest absolute Gasteiger partial charge is 0.317 e. The molecular weight excluding hydrogens is 336 g/mol.